The maximum absolute atomic E-state index is 12.3. The quantitative estimate of drug-likeness (QED) is 0.374. The second-order valence-corrected chi connectivity index (χ2v) is 9.81. The molecule has 0 bridgehead atoms. The Bertz CT molecular complexity index is 1300. The average Bonchev–Trinajstić information content (AvgIpc) is 3.08. The van der Waals surface area contributed by atoms with E-state index in [2.05, 4.69) is 9.71 Å². The summed E-state index contributed by atoms with van der Waals surface area (Å²) in [7, 11) is -3.49. The summed E-state index contributed by atoms with van der Waals surface area (Å²) >= 11 is 6.86. The molecule has 11 nitrogen and oxygen atoms in total. The van der Waals surface area contributed by atoms with E-state index in [-0.39, 0.29) is 34.3 Å². The summed E-state index contributed by atoms with van der Waals surface area (Å²) < 4.78 is 32.1. The van der Waals surface area contributed by atoms with E-state index in [9.17, 15) is 28.1 Å². The zero-order valence-corrected chi connectivity index (χ0v) is 18.4. The van der Waals surface area contributed by atoms with Crippen LogP contribution in [0.15, 0.2) is 45.7 Å². The monoisotopic (exact) mass is 496 g/mol. The van der Waals surface area contributed by atoms with Gasteiger partial charge in [0.2, 0.25) is 0 Å². The zero-order valence-electron chi connectivity index (χ0n) is 16.0. The molecule has 0 saturated heterocycles. The number of hydrogen-bond acceptors (Lipinski definition) is 9. The van der Waals surface area contributed by atoms with Crippen molar-refractivity contribution in [3.63, 3.8) is 0 Å². The standard InChI is InChI=1S/C18H13ClN4O7S2/c19-12-3-2-11(8-14(12)23(26)27)20-16(24)9-30-17(25)10-1-4-13-15(7-10)31-18-21-32(28,29)6-5-22(13)18/h1-4,7-8H,5-6,9H2,(H,20,24). The van der Waals surface area contributed by atoms with E-state index in [1.165, 1.54) is 24.3 Å². The average molecular weight is 497 g/mol. The zero-order chi connectivity index (χ0) is 23.0. The molecule has 4 rings (SSSR count). The number of nitrogens with one attached hydrogen (secondary N) is 1. The Hall–Kier alpha value is -3.16. The molecular weight excluding hydrogens is 484 g/mol. The summed E-state index contributed by atoms with van der Waals surface area (Å²) in [6.07, 6.45) is 0. The molecule has 0 radical (unpaired) electrons. The first-order valence-electron chi connectivity index (χ1n) is 8.96. The van der Waals surface area contributed by atoms with Gasteiger partial charge >= 0.3 is 5.97 Å². The molecule has 2 aliphatic rings. The van der Waals surface area contributed by atoms with Gasteiger partial charge in [0, 0.05) is 23.2 Å². The summed E-state index contributed by atoms with van der Waals surface area (Å²) in [6.45, 7) is -0.343. The fraction of sp³-hybridized carbons (Fsp3) is 0.167. The largest absolute Gasteiger partial charge is 0.452 e. The number of amides is 1. The molecule has 2 aromatic rings. The lowest BCUT2D eigenvalue weighted by Gasteiger charge is -2.22. The number of sulfonamides is 1. The summed E-state index contributed by atoms with van der Waals surface area (Å²) in [6, 6.07) is 8.45. The van der Waals surface area contributed by atoms with Crippen LogP contribution in [0, 0.1) is 10.1 Å². The lowest BCUT2D eigenvalue weighted by molar-refractivity contribution is -0.384. The van der Waals surface area contributed by atoms with Gasteiger partial charge in [0.15, 0.2) is 11.8 Å². The van der Waals surface area contributed by atoms with Crippen LogP contribution < -0.4 is 10.2 Å². The fourth-order valence-electron chi connectivity index (χ4n) is 3.00. The van der Waals surface area contributed by atoms with Gasteiger partial charge < -0.3 is 15.0 Å². The molecule has 32 heavy (non-hydrogen) atoms. The van der Waals surface area contributed by atoms with E-state index in [0.717, 1.165) is 23.5 Å². The SMILES string of the molecule is O=C(COC(=O)c1ccc2c(c1)SC1=NS(=O)(=O)CCN12)Nc1ccc(Cl)c([N+](=O)[O-])c1. The van der Waals surface area contributed by atoms with Crippen LogP contribution in [0.4, 0.5) is 17.1 Å². The molecule has 0 saturated carbocycles. The number of esters is 1. The van der Waals surface area contributed by atoms with Gasteiger partial charge in [0.1, 0.15) is 5.02 Å². The first kappa shape index (κ1) is 22.0. The molecule has 2 aliphatic heterocycles. The third kappa shape index (κ3) is 4.54. The molecule has 0 spiro atoms. The van der Waals surface area contributed by atoms with Gasteiger partial charge in [-0.1, -0.05) is 11.6 Å². The molecule has 0 atom stereocenters. The van der Waals surface area contributed by atoms with Crippen LogP contribution in [0.2, 0.25) is 5.02 Å². The first-order chi connectivity index (χ1) is 15.1. The molecule has 2 aromatic carbocycles. The number of halogens is 1. The predicted molar refractivity (Wildman–Crippen MR) is 118 cm³/mol. The highest BCUT2D eigenvalue weighted by atomic mass is 35.5. The molecule has 0 unspecified atom stereocenters. The van der Waals surface area contributed by atoms with E-state index in [1.807, 2.05) is 0 Å². The number of nitro groups is 1. The van der Waals surface area contributed by atoms with Crippen molar-refractivity contribution in [1.29, 1.82) is 0 Å². The van der Waals surface area contributed by atoms with Crippen molar-refractivity contribution in [3.05, 3.63) is 57.1 Å². The number of rotatable bonds is 5. The molecule has 2 heterocycles. The summed E-state index contributed by atoms with van der Waals surface area (Å²) in [5, 5.41) is 13.6. The van der Waals surface area contributed by atoms with Crippen molar-refractivity contribution in [2.75, 3.05) is 29.1 Å². The molecule has 0 fully saturated rings. The number of thioether (sulfide) groups is 1. The summed E-state index contributed by atoms with van der Waals surface area (Å²) in [4.78, 5) is 37.1. The van der Waals surface area contributed by atoms with Crippen LogP contribution in [0.3, 0.4) is 0 Å². The summed E-state index contributed by atoms with van der Waals surface area (Å²) in [5.74, 6) is -1.54. The van der Waals surface area contributed by atoms with Crippen molar-refractivity contribution < 1.29 is 27.7 Å². The number of fused-ring (bicyclic) bond motifs is 3. The number of hydrogen-bond donors (Lipinski definition) is 1. The highest BCUT2D eigenvalue weighted by Crippen LogP contribution is 2.42. The Kier molecular flexibility index (Phi) is 5.79. The van der Waals surface area contributed by atoms with Crippen LogP contribution in [-0.2, 0) is 19.6 Å². The van der Waals surface area contributed by atoms with Crippen molar-refractivity contribution in [2.45, 2.75) is 4.90 Å². The minimum Gasteiger partial charge on any atom is -0.452 e. The maximum atomic E-state index is 12.3. The van der Waals surface area contributed by atoms with Crippen LogP contribution in [-0.4, -0.2) is 49.3 Å². The van der Waals surface area contributed by atoms with Gasteiger partial charge in [-0.05, 0) is 42.1 Å². The van der Waals surface area contributed by atoms with Crippen LogP contribution in [0.25, 0.3) is 0 Å². The van der Waals surface area contributed by atoms with Gasteiger partial charge in [0.25, 0.3) is 21.6 Å². The molecule has 1 amide bonds. The van der Waals surface area contributed by atoms with E-state index in [4.69, 9.17) is 16.3 Å². The second-order valence-electron chi connectivity index (χ2n) is 6.64. The van der Waals surface area contributed by atoms with Gasteiger partial charge in [-0.15, -0.1) is 4.40 Å². The van der Waals surface area contributed by atoms with E-state index in [1.54, 1.807) is 11.0 Å². The number of nitrogens with zero attached hydrogens (tertiary/aromatic N) is 3. The number of anilines is 2. The topological polar surface area (TPSA) is 148 Å². The maximum Gasteiger partial charge on any atom is 0.338 e. The van der Waals surface area contributed by atoms with E-state index < -0.39 is 33.4 Å². The fourth-order valence-corrected chi connectivity index (χ4v) is 5.48. The van der Waals surface area contributed by atoms with Crippen molar-refractivity contribution >= 4 is 67.5 Å². The molecule has 0 aliphatic carbocycles. The van der Waals surface area contributed by atoms with Crippen LogP contribution >= 0.6 is 23.4 Å². The minimum absolute atomic E-state index is 0.0753. The third-order valence-electron chi connectivity index (χ3n) is 4.47. The van der Waals surface area contributed by atoms with Crippen LogP contribution in [0.5, 0.6) is 0 Å². The Morgan fingerprint density at radius 2 is 2.06 bits per heavy atom. The lowest BCUT2D eigenvalue weighted by atomic mass is 10.2. The minimum atomic E-state index is -3.49. The number of carbonyl (C=O) groups is 2. The lowest BCUT2D eigenvalue weighted by Crippen LogP contribution is -2.35. The number of nitro benzene ring substituents is 1. The van der Waals surface area contributed by atoms with Crippen LogP contribution in [0.1, 0.15) is 10.4 Å². The van der Waals surface area contributed by atoms with Gasteiger partial charge in [-0.3, -0.25) is 14.9 Å². The highest BCUT2D eigenvalue weighted by molar-refractivity contribution is 8.15. The van der Waals surface area contributed by atoms with Crippen molar-refractivity contribution in [2.24, 2.45) is 4.40 Å². The summed E-state index contributed by atoms with van der Waals surface area (Å²) in [5.41, 5.74) is 0.672. The number of benzene rings is 2. The normalized spacial score (nSPS) is 15.9. The Balaban J connectivity index is 1.39. The van der Waals surface area contributed by atoms with Crippen molar-refractivity contribution in [3.8, 4) is 0 Å². The Morgan fingerprint density at radius 1 is 1.28 bits per heavy atom. The molecule has 14 heteroatoms. The Morgan fingerprint density at radius 3 is 2.81 bits per heavy atom. The van der Waals surface area contributed by atoms with Gasteiger partial charge in [0.05, 0.1) is 21.9 Å². The number of carbonyl (C=O) groups excluding carboxylic acids is 2. The van der Waals surface area contributed by atoms with E-state index in [0.29, 0.717) is 10.1 Å². The van der Waals surface area contributed by atoms with Gasteiger partial charge in [-0.25, -0.2) is 13.2 Å². The molecular formula is C18H13ClN4O7S2. The van der Waals surface area contributed by atoms with Gasteiger partial charge in [-0.2, -0.15) is 0 Å². The number of amidine groups is 1. The molecule has 0 aromatic heterocycles. The molecule has 166 valence electrons. The Labute approximate surface area is 190 Å². The molecule has 1 N–H and O–H groups in total. The van der Waals surface area contributed by atoms with E-state index >= 15 is 0 Å². The highest BCUT2D eigenvalue weighted by Gasteiger charge is 2.33. The number of ether oxygens (including phenoxy) is 1. The first-order valence-corrected chi connectivity index (χ1v) is 11.8. The smallest absolute Gasteiger partial charge is 0.338 e. The predicted octanol–water partition coefficient (Wildman–Crippen LogP) is 2.66. The second kappa shape index (κ2) is 8.41. The third-order valence-corrected chi connectivity index (χ3v) is 7.10. The van der Waals surface area contributed by atoms with Crippen molar-refractivity contribution in [1.82, 2.24) is 0 Å².